The fourth-order valence-corrected chi connectivity index (χ4v) is 4.50. The molecule has 6 nitrogen and oxygen atoms in total. The van der Waals surface area contributed by atoms with Gasteiger partial charge in [-0.15, -0.1) is 11.3 Å². The summed E-state index contributed by atoms with van der Waals surface area (Å²) in [5.41, 5.74) is 8.16. The molecule has 2 heterocycles. The van der Waals surface area contributed by atoms with Crippen LogP contribution in [0.4, 0.5) is 0 Å². The normalized spacial score (nSPS) is 11.0. The molecule has 4 aromatic rings. The van der Waals surface area contributed by atoms with E-state index < -0.39 is 5.91 Å². The lowest BCUT2D eigenvalue weighted by Crippen LogP contribution is -2.33. The summed E-state index contributed by atoms with van der Waals surface area (Å²) in [6.45, 7) is 2.64. The molecule has 0 aliphatic carbocycles. The lowest BCUT2D eigenvalue weighted by atomic mass is 10.2. The summed E-state index contributed by atoms with van der Waals surface area (Å²) in [5.74, 6) is -0.534. The second-order valence-electron chi connectivity index (χ2n) is 7.09. The molecular formula is C23H22N4O2S. The molecule has 0 bridgehead atoms. The van der Waals surface area contributed by atoms with Gasteiger partial charge in [-0.3, -0.25) is 9.59 Å². The van der Waals surface area contributed by atoms with Crippen molar-refractivity contribution in [3.8, 4) is 5.69 Å². The highest BCUT2D eigenvalue weighted by atomic mass is 32.1. The van der Waals surface area contributed by atoms with E-state index in [1.54, 1.807) is 4.90 Å². The summed E-state index contributed by atoms with van der Waals surface area (Å²) in [6, 6.07) is 21.5. The lowest BCUT2D eigenvalue weighted by molar-refractivity contribution is -0.118. The molecule has 2 N–H and O–H groups in total. The number of fused-ring (bicyclic) bond motifs is 1. The number of carbonyl (C=O) groups excluding carboxylic acids is 2. The smallest absolute Gasteiger partial charge is 0.264 e. The maximum atomic E-state index is 13.3. The van der Waals surface area contributed by atoms with Gasteiger partial charge in [0.05, 0.1) is 16.3 Å². The fourth-order valence-electron chi connectivity index (χ4n) is 3.35. The number of primary amides is 1. The molecule has 2 aromatic carbocycles. The van der Waals surface area contributed by atoms with Gasteiger partial charge in [0.2, 0.25) is 5.91 Å². The van der Waals surface area contributed by atoms with Crippen molar-refractivity contribution in [2.45, 2.75) is 19.9 Å². The third-order valence-electron chi connectivity index (χ3n) is 4.89. The van der Waals surface area contributed by atoms with Crippen molar-refractivity contribution in [3.63, 3.8) is 0 Å². The third kappa shape index (κ3) is 4.11. The Morgan fingerprint density at radius 3 is 2.40 bits per heavy atom. The summed E-state index contributed by atoms with van der Waals surface area (Å²) in [5, 5.41) is 5.59. The number of amides is 2. The summed E-state index contributed by atoms with van der Waals surface area (Å²) in [7, 11) is 0. The van der Waals surface area contributed by atoms with Crippen LogP contribution in [0.25, 0.3) is 15.9 Å². The largest absolute Gasteiger partial charge is 0.370 e. The Balaban J connectivity index is 1.68. The number of carbonyl (C=O) groups is 2. The number of nitrogens with zero attached hydrogens (tertiary/aromatic N) is 3. The van der Waals surface area contributed by atoms with Gasteiger partial charge in [-0.25, -0.2) is 4.68 Å². The van der Waals surface area contributed by atoms with Gasteiger partial charge in [0.25, 0.3) is 5.91 Å². The SMILES string of the molecule is Cc1nn(-c2ccccc2)c2sc(C(=O)N(CCC(N)=O)Cc3ccccc3)cc12. The van der Waals surface area contributed by atoms with E-state index in [9.17, 15) is 9.59 Å². The van der Waals surface area contributed by atoms with Crippen molar-refractivity contribution in [1.29, 1.82) is 0 Å². The number of hydrogen-bond donors (Lipinski definition) is 1. The van der Waals surface area contributed by atoms with E-state index in [4.69, 9.17) is 5.73 Å². The molecular weight excluding hydrogens is 396 g/mol. The topological polar surface area (TPSA) is 81.2 Å². The van der Waals surface area contributed by atoms with Gasteiger partial charge in [-0.2, -0.15) is 5.10 Å². The number of aryl methyl sites for hydroxylation is 1. The van der Waals surface area contributed by atoms with E-state index in [0.29, 0.717) is 11.4 Å². The second-order valence-corrected chi connectivity index (χ2v) is 8.12. The Morgan fingerprint density at radius 2 is 1.73 bits per heavy atom. The zero-order valence-corrected chi connectivity index (χ0v) is 17.4. The molecule has 4 rings (SSSR count). The number of thiophene rings is 1. The minimum absolute atomic E-state index is 0.111. The van der Waals surface area contributed by atoms with Crippen molar-refractivity contribution >= 4 is 33.4 Å². The third-order valence-corrected chi connectivity index (χ3v) is 5.99. The molecule has 0 spiro atoms. The maximum absolute atomic E-state index is 13.3. The van der Waals surface area contributed by atoms with Gasteiger partial charge in [0.15, 0.2) is 0 Å². The van der Waals surface area contributed by atoms with Crippen molar-refractivity contribution < 1.29 is 9.59 Å². The first-order valence-corrected chi connectivity index (χ1v) is 10.5. The van der Waals surface area contributed by atoms with E-state index in [2.05, 4.69) is 5.10 Å². The van der Waals surface area contributed by atoms with E-state index in [-0.39, 0.29) is 18.9 Å². The predicted molar refractivity (Wildman–Crippen MR) is 119 cm³/mol. The van der Waals surface area contributed by atoms with Crippen LogP contribution in [0.15, 0.2) is 66.7 Å². The van der Waals surface area contributed by atoms with Crippen LogP contribution in [-0.4, -0.2) is 33.0 Å². The van der Waals surface area contributed by atoms with Crippen LogP contribution in [0.1, 0.15) is 27.3 Å². The molecule has 2 aromatic heterocycles. The molecule has 0 unspecified atom stereocenters. The minimum Gasteiger partial charge on any atom is -0.370 e. The zero-order valence-electron chi connectivity index (χ0n) is 16.6. The Hall–Kier alpha value is -3.45. The van der Waals surface area contributed by atoms with Crippen LogP contribution in [0.3, 0.4) is 0 Å². The van der Waals surface area contributed by atoms with Crippen molar-refractivity contribution in [2.75, 3.05) is 6.54 Å². The molecule has 0 fully saturated rings. The first-order valence-electron chi connectivity index (χ1n) is 9.69. The molecule has 0 saturated carbocycles. The van der Waals surface area contributed by atoms with Gasteiger partial charge in [0.1, 0.15) is 4.83 Å². The fraction of sp³-hybridized carbons (Fsp3) is 0.174. The zero-order chi connectivity index (χ0) is 21.1. The average Bonchev–Trinajstić information content (AvgIpc) is 3.32. The van der Waals surface area contributed by atoms with Crippen LogP contribution >= 0.6 is 11.3 Å². The van der Waals surface area contributed by atoms with Gasteiger partial charge >= 0.3 is 0 Å². The predicted octanol–water partition coefficient (Wildman–Crippen LogP) is 3.91. The quantitative estimate of drug-likeness (QED) is 0.494. The molecule has 2 amide bonds. The highest BCUT2D eigenvalue weighted by Gasteiger charge is 2.22. The summed E-state index contributed by atoms with van der Waals surface area (Å²) in [6.07, 6.45) is 0.125. The number of para-hydroxylation sites is 1. The molecule has 0 radical (unpaired) electrons. The monoisotopic (exact) mass is 418 g/mol. The van der Waals surface area contributed by atoms with Crippen LogP contribution in [0.2, 0.25) is 0 Å². The summed E-state index contributed by atoms with van der Waals surface area (Å²) >= 11 is 1.41. The Bertz CT molecular complexity index is 1180. The Labute approximate surface area is 178 Å². The van der Waals surface area contributed by atoms with Crippen LogP contribution in [0.5, 0.6) is 0 Å². The molecule has 30 heavy (non-hydrogen) atoms. The number of nitrogens with two attached hydrogens (primary N) is 1. The van der Waals surface area contributed by atoms with Crippen LogP contribution < -0.4 is 5.73 Å². The first-order chi connectivity index (χ1) is 14.5. The summed E-state index contributed by atoms with van der Waals surface area (Å²) < 4.78 is 1.87. The van der Waals surface area contributed by atoms with Crippen molar-refractivity contribution in [2.24, 2.45) is 5.73 Å². The molecule has 0 atom stereocenters. The minimum atomic E-state index is -0.423. The maximum Gasteiger partial charge on any atom is 0.264 e. The van der Waals surface area contributed by atoms with Gasteiger partial charge in [-0.1, -0.05) is 48.5 Å². The summed E-state index contributed by atoms with van der Waals surface area (Å²) in [4.78, 5) is 27.9. The highest BCUT2D eigenvalue weighted by molar-refractivity contribution is 7.20. The number of hydrogen-bond acceptors (Lipinski definition) is 4. The van der Waals surface area contributed by atoms with E-state index in [0.717, 1.165) is 27.2 Å². The van der Waals surface area contributed by atoms with E-state index in [1.165, 1.54) is 11.3 Å². The van der Waals surface area contributed by atoms with Gasteiger partial charge in [0, 0.05) is 24.9 Å². The van der Waals surface area contributed by atoms with Gasteiger partial charge < -0.3 is 10.6 Å². The molecule has 0 aliphatic rings. The van der Waals surface area contributed by atoms with E-state index in [1.807, 2.05) is 78.3 Å². The lowest BCUT2D eigenvalue weighted by Gasteiger charge is -2.21. The van der Waals surface area contributed by atoms with Crippen LogP contribution in [0, 0.1) is 6.92 Å². The molecule has 0 aliphatic heterocycles. The average molecular weight is 419 g/mol. The highest BCUT2D eigenvalue weighted by Crippen LogP contribution is 2.31. The van der Waals surface area contributed by atoms with Crippen molar-refractivity contribution in [1.82, 2.24) is 14.7 Å². The molecule has 0 saturated heterocycles. The standard InChI is InChI=1S/C23H22N4O2S/c1-16-19-14-20(30-23(19)27(25-16)18-10-6-3-7-11-18)22(29)26(13-12-21(24)28)15-17-8-4-2-5-9-17/h2-11,14H,12-13,15H2,1H3,(H2,24,28). The molecule has 7 heteroatoms. The van der Waals surface area contributed by atoms with Crippen LogP contribution in [-0.2, 0) is 11.3 Å². The van der Waals surface area contributed by atoms with Gasteiger partial charge in [-0.05, 0) is 30.7 Å². The second kappa shape index (κ2) is 8.51. The number of rotatable bonds is 7. The Morgan fingerprint density at radius 1 is 1.07 bits per heavy atom. The Kier molecular flexibility index (Phi) is 5.63. The van der Waals surface area contributed by atoms with Crippen molar-refractivity contribution in [3.05, 3.63) is 82.9 Å². The number of benzene rings is 2. The van der Waals surface area contributed by atoms with E-state index >= 15 is 0 Å². The molecule has 152 valence electrons. The number of aromatic nitrogens is 2. The first kappa shape index (κ1) is 19.8.